The number of nitro groups is 1. The number of nitrogens with zero attached hydrogens (tertiary/aromatic N) is 4. The summed E-state index contributed by atoms with van der Waals surface area (Å²) < 4.78 is 7.37. The normalized spacial score (nSPS) is 10.7. The maximum atomic E-state index is 10.9. The molecule has 3 rings (SSSR count). The lowest BCUT2D eigenvalue weighted by Gasteiger charge is -2.05. The van der Waals surface area contributed by atoms with Crippen LogP contribution < -0.4 is 4.74 Å². The predicted octanol–water partition coefficient (Wildman–Crippen LogP) is 2.81. The lowest BCUT2D eigenvalue weighted by molar-refractivity contribution is -0.385. The predicted molar refractivity (Wildman–Crippen MR) is 82.3 cm³/mol. The molecule has 2 aromatic heterocycles. The number of fused-ring (bicyclic) bond motifs is 1. The number of ether oxygens (including phenoxy) is 1. The van der Waals surface area contributed by atoms with E-state index in [9.17, 15) is 10.1 Å². The summed E-state index contributed by atoms with van der Waals surface area (Å²) in [5.74, 6) is 0.890. The zero-order valence-corrected chi connectivity index (χ0v) is 12.3. The van der Waals surface area contributed by atoms with Crippen LogP contribution in [0.4, 0.5) is 5.69 Å². The Bertz CT molecular complexity index is 805. The largest absolute Gasteiger partial charge is 0.486 e. The van der Waals surface area contributed by atoms with Gasteiger partial charge in [0.15, 0.2) is 16.6 Å². The Kier molecular flexibility index (Phi) is 4.19. The summed E-state index contributed by atoms with van der Waals surface area (Å²) in [6.07, 6.45) is 1.89. The molecule has 0 N–H and O–H groups in total. The number of pyridine rings is 1. The molecule has 0 aliphatic carbocycles. The van der Waals surface area contributed by atoms with Crippen molar-refractivity contribution in [1.82, 2.24) is 14.6 Å². The minimum absolute atomic E-state index is 0.0274. The summed E-state index contributed by atoms with van der Waals surface area (Å²) in [5, 5.41) is 19.8. The molecule has 2 heterocycles. The molecule has 7 nitrogen and oxygen atoms in total. The maximum absolute atomic E-state index is 10.9. The van der Waals surface area contributed by atoms with Crippen LogP contribution in [0.25, 0.3) is 5.65 Å². The van der Waals surface area contributed by atoms with Crippen molar-refractivity contribution in [1.29, 1.82) is 0 Å². The quantitative estimate of drug-likeness (QED) is 0.301. The average molecular weight is 316 g/mol. The van der Waals surface area contributed by atoms with Crippen LogP contribution in [0.1, 0.15) is 0 Å². The number of benzene rings is 1. The monoisotopic (exact) mass is 316 g/mol. The number of thioether (sulfide) groups is 1. The fraction of sp³-hybridized carbons (Fsp3) is 0.143. The molecule has 0 bridgehead atoms. The minimum atomic E-state index is -0.450. The second kappa shape index (κ2) is 6.44. The van der Waals surface area contributed by atoms with Crippen LogP contribution in [0.5, 0.6) is 5.75 Å². The fourth-order valence-electron chi connectivity index (χ4n) is 1.93. The smallest absolute Gasteiger partial charge is 0.310 e. The van der Waals surface area contributed by atoms with Gasteiger partial charge in [0.1, 0.15) is 0 Å². The Morgan fingerprint density at radius 1 is 1.18 bits per heavy atom. The van der Waals surface area contributed by atoms with Crippen LogP contribution in [0.3, 0.4) is 0 Å². The van der Waals surface area contributed by atoms with E-state index in [4.69, 9.17) is 4.74 Å². The minimum Gasteiger partial charge on any atom is -0.486 e. The van der Waals surface area contributed by atoms with Crippen molar-refractivity contribution in [3.63, 3.8) is 0 Å². The Morgan fingerprint density at radius 3 is 2.86 bits per heavy atom. The van der Waals surface area contributed by atoms with Gasteiger partial charge >= 0.3 is 5.69 Å². The molecule has 0 aliphatic heterocycles. The number of rotatable bonds is 6. The molecule has 1 aromatic carbocycles. The summed E-state index contributed by atoms with van der Waals surface area (Å²) >= 11 is 1.48. The van der Waals surface area contributed by atoms with Gasteiger partial charge < -0.3 is 4.74 Å². The van der Waals surface area contributed by atoms with Gasteiger partial charge in [-0.3, -0.25) is 14.5 Å². The standard InChI is InChI=1S/C14H12N4O3S/c19-18(20)11-5-1-2-6-12(11)21-9-10-22-14-16-15-13-7-3-4-8-17(13)14/h1-8H,9-10H2. The Labute approximate surface area is 130 Å². The summed E-state index contributed by atoms with van der Waals surface area (Å²) in [6.45, 7) is 0.345. The van der Waals surface area contributed by atoms with Crippen molar-refractivity contribution in [3.05, 3.63) is 58.8 Å². The summed E-state index contributed by atoms with van der Waals surface area (Å²) in [5.41, 5.74) is 0.755. The zero-order valence-electron chi connectivity index (χ0n) is 11.5. The van der Waals surface area contributed by atoms with Gasteiger partial charge in [-0.25, -0.2) is 0 Å². The van der Waals surface area contributed by atoms with Crippen molar-refractivity contribution < 1.29 is 9.66 Å². The zero-order chi connectivity index (χ0) is 15.4. The van der Waals surface area contributed by atoms with E-state index in [-0.39, 0.29) is 11.4 Å². The van der Waals surface area contributed by atoms with Crippen LogP contribution in [0, 0.1) is 10.1 Å². The Morgan fingerprint density at radius 2 is 2.00 bits per heavy atom. The highest BCUT2D eigenvalue weighted by molar-refractivity contribution is 7.99. The highest BCUT2D eigenvalue weighted by atomic mass is 32.2. The van der Waals surface area contributed by atoms with Gasteiger partial charge in [-0.2, -0.15) is 0 Å². The van der Waals surface area contributed by atoms with Crippen LogP contribution in [0.15, 0.2) is 53.8 Å². The van der Waals surface area contributed by atoms with E-state index in [1.54, 1.807) is 18.2 Å². The first-order chi connectivity index (χ1) is 10.8. The molecule has 0 radical (unpaired) electrons. The Hall–Kier alpha value is -2.61. The van der Waals surface area contributed by atoms with E-state index >= 15 is 0 Å². The topological polar surface area (TPSA) is 82.6 Å². The lowest BCUT2D eigenvalue weighted by atomic mass is 10.3. The number of hydrogen-bond acceptors (Lipinski definition) is 6. The van der Waals surface area contributed by atoms with E-state index in [2.05, 4.69) is 10.2 Å². The SMILES string of the molecule is O=[N+]([O-])c1ccccc1OCCSc1nnc2ccccn12. The highest BCUT2D eigenvalue weighted by Gasteiger charge is 2.13. The van der Waals surface area contributed by atoms with E-state index in [0.717, 1.165) is 10.8 Å². The second-order valence-corrected chi connectivity index (χ2v) is 5.40. The molecular formula is C14H12N4O3S. The van der Waals surface area contributed by atoms with Gasteiger partial charge in [0.25, 0.3) is 0 Å². The molecule has 22 heavy (non-hydrogen) atoms. The van der Waals surface area contributed by atoms with Crippen LogP contribution in [-0.2, 0) is 0 Å². The molecule has 0 unspecified atom stereocenters. The van der Waals surface area contributed by atoms with Gasteiger partial charge in [-0.05, 0) is 18.2 Å². The molecule has 8 heteroatoms. The van der Waals surface area contributed by atoms with Crippen molar-refractivity contribution in [2.45, 2.75) is 5.16 Å². The molecule has 0 atom stereocenters. The fourth-order valence-corrected chi connectivity index (χ4v) is 2.67. The third kappa shape index (κ3) is 3.01. The first-order valence-corrected chi connectivity index (χ1v) is 7.53. The average Bonchev–Trinajstić information content (AvgIpc) is 2.95. The molecule has 0 fully saturated rings. The highest BCUT2D eigenvalue weighted by Crippen LogP contribution is 2.26. The van der Waals surface area contributed by atoms with Gasteiger partial charge in [0.2, 0.25) is 0 Å². The van der Waals surface area contributed by atoms with E-state index < -0.39 is 4.92 Å². The third-order valence-electron chi connectivity index (χ3n) is 2.92. The first kappa shape index (κ1) is 14.3. The Balaban J connectivity index is 1.59. The van der Waals surface area contributed by atoms with E-state index in [1.165, 1.54) is 17.8 Å². The van der Waals surface area contributed by atoms with Crippen molar-refractivity contribution in [2.24, 2.45) is 0 Å². The summed E-state index contributed by atoms with van der Waals surface area (Å²) in [4.78, 5) is 10.4. The number of hydrogen-bond donors (Lipinski definition) is 0. The van der Waals surface area contributed by atoms with Crippen molar-refractivity contribution >= 4 is 23.1 Å². The van der Waals surface area contributed by atoms with E-state index in [0.29, 0.717) is 12.4 Å². The molecule has 0 saturated carbocycles. The van der Waals surface area contributed by atoms with Gasteiger partial charge in [0.05, 0.1) is 11.5 Å². The second-order valence-electron chi connectivity index (χ2n) is 4.33. The molecule has 0 amide bonds. The number of para-hydroxylation sites is 2. The van der Waals surface area contributed by atoms with E-state index in [1.807, 2.05) is 28.8 Å². The molecular weight excluding hydrogens is 304 g/mol. The molecule has 0 saturated heterocycles. The number of nitro benzene ring substituents is 1. The first-order valence-electron chi connectivity index (χ1n) is 6.54. The van der Waals surface area contributed by atoms with Gasteiger partial charge in [-0.15, -0.1) is 10.2 Å². The molecule has 0 spiro atoms. The lowest BCUT2D eigenvalue weighted by Crippen LogP contribution is -2.03. The number of aromatic nitrogens is 3. The van der Waals surface area contributed by atoms with Crippen LogP contribution >= 0.6 is 11.8 Å². The maximum Gasteiger partial charge on any atom is 0.310 e. The van der Waals surface area contributed by atoms with Crippen LogP contribution in [-0.4, -0.2) is 31.9 Å². The summed E-state index contributed by atoms with van der Waals surface area (Å²) in [6, 6.07) is 12.0. The molecule has 3 aromatic rings. The van der Waals surface area contributed by atoms with Gasteiger partial charge in [0, 0.05) is 18.0 Å². The molecule has 112 valence electrons. The van der Waals surface area contributed by atoms with Gasteiger partial charge in [-0.1, -0.05) is 30.0 Å². The third-order valence-corrected chi connectivity index (χ3v) is 3.82. The van der Waals surface area contributed by atoms with Crippen LogP contribution in [0.2, 0.25) is 0 Å². The summed E-state index contributed by atoms with van der Waals surface area (Å²) in [7, 11) is 0. The van der Waals surface area contributed by atoms with Crippen molar-refractivity contribution in [3.8, 4) is 5.75 Å². The van der Waals surface area contributed by atoms with Crippen molar-refractivity contribution in [2.75, 3.05) is 12.4 Å². The molecule has 0 aliphatic rings.